The lowest BCUT2D eigenvalue weighted by Crippen LogP contribution is -2.71. The third-order valence-electron chi connectivity index (χ3n) is 5.50. The van der Waals surface area contributed by atoms with Gasteiger partial charge in [0.2, 0.25) is 0 Å². The van der Waals surface area contributed by atoms with Crippen LogP contribution in [0.25, 0.3) is 0 Å². The van der Waals surface area contributed by atoms with E-state index < -0.39 is 0 Å². The monoisotopic (exact) mass is 364 g/mol. The second-order valence-corrected chi connectivity index (χ2v) is 9.00. The number of thiazole rings is 1. The van der Waals surface area contributed by atoms with Crippen molar-refractivity contribution < 1.29 is 4.74 Å². The van der Waals surface area contributed by atoms with E-state index in [1.807, 2.05) is 0 Å². The predicted molar refractivity (Wildman–Crippen MR) is 104 cm³/mol. The van der Waals surface area contributed by atoms with E-state index in [1.54, 1.807) is 11.3 Å². The van der Waals surface area contributed by atoms with Crippen molar-refractivity contribution in [2.24, 2.45) is 16.3 Å². The molecule has 0 amide bonds. The molecule has 0 aromatic carbocycles. The Labute approximate surface area is 155 Å². The number of aromatic nitrogens is 1. The summed E-state index contributed by atoms with van der Waals surface area (Å²) in [5, 5.41) is 10.3. The predicted octanol–water partition coefficient (Wildman–Crippen LogP) is 3.53. The number of hydrogen-bond donors (Lipinski definition) is 2. The van der Waals surface area contributed by atoms with Gasteiger partial charge in [0.05, 0.1) is 18.3 Å². The van der Waals surface area contributed by atoms with Gasteiger partial charge >= 0.3 is 0 Å². The van der Waals surface area contributed by atoms with Crippen LogP contribution in [0.1, 0.15) is 64.1 Å². The molecule has 3 atom stereocenters. The minimum atomic E-state index is 0.146. The smallest absolute Gasteiger partial charge is 0.191 e. The number of nitrogens with one attached hydrogen (secondary N) is 2. The number of nitrogens with zero attached hydrogens (tertiary/aromatic N) is 2. The summed E-state index contributed by atoms with van der Waals surface area (Å²) in [6.07, 6.45) is 2.80. The Bertz CT molecular complexity index is 610. The molecule has 1 saturated heterocycles. The number of rotatable bonds is 5. The highest BCUT2D eigenvalue weighted by Crippen LogP contribution is 2.51. The first kappa shape index (κ1) is 18.6. The lowest BCUT2D eigenvalue weighted by atomic mass is 9.55. The Kier molecular flexibility index (Phi) is 5.68. The van der Waals surface area contributed by atoms with E-state index in [0.717, 1.165) is 29.8 Å². The van der Waals surface area contributed by atoms with Crippen LogP contribution in [-0.4, -0.2) is 36.2 Å². The molecule has 140 valence electrons. The molecule has 2 fully saturated rings. The summed E-state index contributed by atoms with van der Waals surface area (Å²) in [6.45, 7) is 13.5. The van der Waals surface area contributed by atoms with Crippen LogP contribution in [-0.2, 0) is 11.3 Å². The zero-order valence-corrected chi connectivity index (χ0v) is 16.9. The number of aliphatic imine (C=N–C) groups is 1. The molecule has 3 rings (SSSR count). The van der Waals surface area contributed by atoms with Crippen LogP contribution in [0.2, 0.25) is 0 Å². The molecule has 1 saturated carbocycles. The van der Waals surface area contributed by atoms with Crippen molar-refractivity contribution in [2.45, 2.75) is 72.1 Å². The average Bonchev–Trinajstić information content (AvgIpc) is 3.06. The summed E-state index contributed by atoms with van der Waals surface area (Å²) < 4.78 is 6.01. The van der Waals surface area contributed by atoms with Crippen molar-refractivity contribution >= 4 is 17.3 Å². The summed E-state index contributed by atoms with van der Waals surface area (Å²) in [4.78, 5) is 9.47. The fourth-order valence-electron chi connectivity index (χ4n) is 4.09. The maximum Gasteiger partial charge on any atom is 0.191 e. The van der Waals surface area contributed by atoms with E-state index >= 15 is 0 Å². The molecule has 2 aliphatic rings. The van der Waals surface area contributed by atoms with Gasteiger partial charge < -0.3 is 15.4 Å². The van der Waals surface area contributed by atoms with Crippen LogP contribution in [0.4, 0.5) is 0 Å². The van der Waals surface area contributed by atoms with Gasteiger partial charge in [0.25, 0.3) is 0 Å². The number of ether oxygens (including phenoxy) is 1. The molecular formula is C19H32N4OS. The van der Waals surface area contributed by atoms with Gasteiger partial charge in [0.15, 0.2) is 5.96 Å². The molecule has 2 N–H and O–H groups in total. The van der Waals surface area contributed by atoms with Crippen molar-refractivity contribution in [3.05, 3.63) is 16.1 Å². The molecule has 1 aliphatic carbocycles. The maximum absolute atomic E-state index is 6.01. The van der Waals surface area contributed by atoms with E-state index in [9.17, 15) is 0 Å². The van der Waals surface area contributed by atoms with Gasteiger partial charge in [-0.05, 0) is 25.7 Å². The Hall–Kier alpha value is -1.14. The average molecular weight is 365 g/mol. The minimum Gasteiger partial charge on any atom is -0.377 e. The summed E-state index contributed by atoms with van der Waals surface area (Å²) in [5.74, 6) is 1.96. The molecule has 0 radical (unpaired) electrons. The molecule has 2 heterocycles. The zero-order valence-electron chi connectivity index (χ0n) is 16.1. The van der Waals surface area contributed by atoms with E-state index in [4.69, 9.17) is 9.73 Å². The number of guanidine groups is 1. The Balaban J connectivity index is 1.66. The third-order valence-corrected chi connectivity index (χ3v) is 6.35. The van der Waals surface area contributed by atoms with Crippen LogP contribution in [0.5, 0.6) is 0 Å². The van der Waals surface area contributed by atoms with E-state index in [-0.39, 0.29) is 5.41 Å². The van der Waals surface area contributed by atoms with Crippen LogP contribution in [0.15, 0.2) is 10.4 Å². The molecule has 0 spiro atoms. The van der Waals surface area contributed by atoms with E-state index in [1.165, 1.54) is 12.8 Å². The maximum atomic E-state index is 6.01. The van der Waals surface area contributed by atoms with Gasteiger partial charge in [0.1, 0.15) is 5.01 Å². The van der Waals surface area contributed by atoms with Gasteiger partial charge in [-0.1, -0.05) is 27.7 Å². The lowest BCUT2D eigenvalue weighted by Gasteiger charge is -2.60. The zero-order chi connectivity index (χ0) is 18.0. The molecule has 25 heavy (non-hydrogen) atoms. The van der Waals surface area contributed by atoms with Gasteiger partial charge in [-0.3, -0.25) is 0 Å². The number of fused-ring (bicyclic) bond motifs is 1. The highest BCUT2D eigenvalue weighted by atomic mass is 32.1. The summed E-state index contributed by atoms with van der Waals surface area (Å²) in [6, 6.07) is 0.415. The molecule has 0 bridgehead atoms. The Morgan fingerprint density at radius 2 is 2.28 bits per heavy atom. The quantitative estimate of drug-likeness (QED) is 0.620. The molecule has 1 aliphatic heterocycles. The van der Waals surface area contributed by atoms with Crippen molar-refractivity contribution in [1.29, 1.82) is 0 Å². The normalized spacial score (nSPS) is 28.4. The fourth-order valence-corrected chi connectivity index (χ4v) is 4.97. The number of hydrogen-bond acceptors (Lipinski definition) is 4. The van der Waals surface area contributed by atoms with E-state index in [2.05, 4.69) is 55.6 Å². The molecule has 5 nitrogen and oxygen atoms in total. The molecule has 1 aromatic heterocycles. The largest absolute Gasteiger partial charge is 0.377 e. The summed E-state index contributed by atoms with van der Waals surface area (Å²) in [5.41, 5.74) is 1.31. The van der Waals surface area contributed by atoms with Crippen LogP contribution in [0, 0.1) is 11.3 Å². The third kappa shape index (κ3) is 3.85. The minimum absolute atomic E-state index is 0.146. The van der Waals surface area contributed by atoms with Gasteiger partial charge in [0, 0.05) is 35.9 Å². The Morgan fingerprint density at radius 3 is 2.96 bits per heavy atom. The van der Waals surface area contributed by atoms with Crippen molar-refractivity contribution in [3.8, 4) is 0 Å². The first-order valence-corrected chi connectivity index (χ1v) is 10.4. The highest BCUT2D eigenvalue weighted by molar-refractivity contribution is 7.09. The van der Waals surface area contributed by atoms with Gasteiger partial charge in [-0.15, -0.1) is 11.3 Å². The van der Waals surface area contributed by atoms with Crippen molar-refractivity contribution in [2.75, 3.05) is 13.2 Å². The highest BCUT2D eigenvalue weighted by Gasteiger charge is 2.58. The molecular weight excluding hydrogens is 332 g/mol. The van der Waals surface area contributed by atoms with Crippen molar-refractivity contribution in [3.63, 3.8) is 0 Å². The fraction of sp³-hybridized carbons (Fsp3) is 0.789. The van der Waals surface area contributed by atoms with Crippen LogP contribution < -0.4 is 10.6 Å². The first-order valence-electron chi connectivity index (χ1n) is 9.54. The first-order chi connectivity index (χ1) is 11.9. The van der Waals surface area contributed by atoms with Crippen molar-refractivity contribution in [1.82, 2.24) is 15.6 Å². The standard InChI is InChI=1S/C19H32N4OS/c1-6-20-18(21-10-15-22-14(11-25-15)12(2)3)23-16-13-8-7-9-24-17(13)19(16,4)5/h11-13,16-17H,6-10H2,1-5H3,(H2,20,21,23). The van der Waals surface area contributed by atoms with Gasteiger partial charge in [-0.25, -0.2) is 9.98 Å². The van der Waals surface area contributed by atoms with Gasteiger partial charge in [-0.2, -0.15) is 0 Å². The lowest BCUT2D eigenvalue weighted by molar-refractivity contribution is -0.188. The summed E-state index contributed by atoms with van der Waals surface area (Å²) in [7, 11) is 0. The molecule has 3 unspecified atom stereocenters. The SMILES string of the molecule is CCNC(=NCc1nc(C(C)C)cs1)NC1C2CCCOC2C1(C)C. The molecule has 6 heteroatoms. The molecule has 1 aromatic rings. The van der Waals surface area contributed by atoms with Crippen LogP contribution >= 0.6 is 11.3 Å². The van der Waals surface area contributed by atoms with E-state index in [0.29, 0.717) is 30.5 Å². The second-order valence-electron chi connectivity index (χ2n) is 8.06. The second kappa shape index (κ2) is 7.62. The summed E-state index contributed by atoms with van der Waals surface area (Å²) >= 11 is 1.70. The topological polar surface area (TPSA) is 58.5 Å². The van der Waals surface area contributed by atoms with Crippen LogP contribution in [0.3, 0.4) is 0 Å². The Morgan fingerprint density at radius 1 is 1.48 bits per heavy atom.